The summed E-state index contributed by atoms with van der Waals surface area (Å²) in [6, 6.07) is 12.3. The molecule has 6 heteroatoms. The van der Waals surface area contributed by atoms with Crippen LogP contribution in [0.3, 0.4) is 0 Å². The van der Waals surface area contributed by atoms with Crippen molar-refractivity contribution in [2.75, 3.05) is 7.11 Å². The second-order valence-electron chi connectivity index (χ2n) is 4.96. The van der Waals surface area contributed by atoms with Crippen molar-refractivity contribution in [2.24, 2.45) is 0 Å². The van der Waals surface area contributed by atoms with Crippen LogP contribution >= 0.6 is 11.8 Å². The smallest absolute Gasteiger partial charge is 0.277 e. The predicted octanol–water partition coefficient (Wildman–Crippen LogP) is 4.49. The number of aromatic nitrogens is 2. The van der Waals surface area contributed by atoms with Crippen molar-refractivity contribution >= 4 is 11.8 Å². The molecular weight excluding hydrogens is 315 g/mol. The lowest BCUT2D eigenvalue weighted by atomic mass is 10.1. The lowest BCUT2D eigenvalue weighted by molar-refractivity contribution is 0.411. The largest absolute Gasteiger partial charge is 0.496 e. The summed E-state index contributed by atoms with van der Waals surface area (Å²) in [5.74, 6) is 1.25. The zero-order valence-corrected chi connectivity index (χ0v) is 13.6. The first-order chi connectivity index (χ1) is 11.2. The van der Waals surface area contributed by atoms with Gasteiger partial charge in [-0.3, -0.25) is 0 Å². The van der Waals surface area contributed by atoms with Gasteiger partial charge in [-0.2, -0.15) is 0 Å². The maximum atomic E-state index is 13.7. The van der Waals surface area contributed by atoms with E-state index in [9.17, 15) is 4.39 Å². The molecule has 1 heterocycles. The first-order valence-electron chi connectivity index (χ1n) is 7.02. The van der Waals surface area contributed by atoms with Gasteiger partial charge in [-0.05, 0) is 25.1 Å². The van der Waals surface area contributed by atoms with Crippen molar-refractivity contribution in [3.05, 3.63) is 59.4 Å². The van der Waals surface area contributed by atoms with Gasteiger partial charge >= 0.3 is 0 Å². The number of methoxy groups -OCH3 is 1. The molecular formula is C17H15FN2O2S. The van der Waals surface area contributed by atoms with Gasteiger partial charge in [0.2, 0.25) is 0 Å². The topological polar surface area (TPSA) is 48.2 Å². The predicted molar refractivity (Wildman–Crippen MR) is 87.0 cm³/mol. The van der Waals surface area contributed by atoms with Crippen LogP contribution in [-0.4, -0.2) is 17.3 Å². The van der Waals surface area contributed by atoms with E-state index in [4.69, 9.17) is 9.15 Å². The third-order valence-electron chi connectivity index (χ3n) is 3.30. The third-order valence-corrected chi connectivity index (χ3v) is 4.17. The first-order valence-corrected chi connectivity index (χ1v) is 8.00. The lowest BCUT2D eigenvalue weighted by Gasteiger charge is -2.07. The van der Waals surface area contributed by atoms with Crippen LogP contribution in [-0.2, 0) is 5.75 Å². The quantitative estimate of drug-likeness (QED) is 0.645. The van der Waals surface area contributed by atoms with Gasteiger partial charge in [-0.1, -0.05) is 41.6 Å². The molecule has 0 N–H and O–H groups in total. The van der Waals surface area contributed by atoms with Gasteiger partial charge < -0.3 is 9.15 Å². The van der Waals surface area contributed by atoms with E-state index in [1.54, 1.807) is 25.3 Å². The fourth-order valence-electron chi connectivity index (χ4n) is 2.17. The van der Waals surface area contributed by atoms with Crippen LogP contribution < -0.4 is 4.74 Å². The molecule has 0 unspecified atom stereocenters. The number of hydrogen-bond acceptors (Lipinski definition) is 5. The molecule has 23 heavy (non-hydrogen) atoms. The monoisotopic (exact) mass is 330 g/mol. The summed E-state index contributed by atoms with van der Waals surface area (Å²) < 4.78 is 24.6. The van der Waals surface area contributed by atoms with Gasteiger partial charge in [0.05, 0.1) is 12.7 Å². The molecule has 0 atom stereocenters. The Balaban J connectivity index is 1.76. The highest BCUT2D eigenvalue weighted by Gasteiger charge is 2.13. The molecule has 0 spiro atoms. The summed E-state index contributed by atoms with van der Waals surface area (Å²) in [5.41, 5.74) is 2.50. The van der Waals surface area contributed by atoms with Crippen molar-refractivity contribution in [2.45, 2.75) is 17.9 Å². The zero-order valence-electron chi connectivity index (χ0n) is 12.7. The highest BCUT2D eigenvalue weighted by molar-refractivity contribution is 7.98. The van der Waals surface area contributed by atoms with E-state index >= 15 is 0 Å². The van der Waals surface area contributed by atoms with Gasteiger partial charge in [0, 0.05) is 11.3 Å². The number of ether oxygens (including phenoxy) is 1. The molecule has 118 valence electrons. The average molecular weight is 330 g/mol. The van der Waals surface area contributed by atoms with Crippen LogP contribution in [0.2, 0.25) is 0 Å². The van der Waals surface area contributed by atoms with Gasteiger partial charge in [-0.25, -0.2) is 4.39 Å². The minimum atomic E-state index is -0.381. The highest BCUT2D eigenvalue weighted by atomic mass is 32.2. The maximum Gasteiger partial charge on any atom is 0.277 e. The molecule has 0 aliphatic carbocycles. The Hall–Kier alpha value is -2.34. The van der Waals surface area contributed by atoms with E-state index in [2.05, 4.69) is 16.3 Å². The van der Waals surface area contributed by atoms with Gasteiger partial charge in [0.15, 0.2) is 0 Å². The number of benzene rings is 2. The van der Waals surface area contributed by atoms with Gasteiger partial charge in [-0.15, -0.1) is 10.2 Å². The first kappa shape index (κ1) is 15.6. The van der Waals surface area contributed by atoms with Crippen molar-refractivity contribution in [1.29, 1.82) is 0 Å². The van der Waals surface area contributed by atoms with E-state index in [-0.39, 0.29) is 11.7 Å². The molecule has 0 saturated heterocycles. The Morgan fingerprint density at radius 3 is 2.78 bits per heavy atom. The van der Waals surface area contributed by atoms with E-state index < -0.39 is 0 Å². The minimum absolute atomic E-state index is 0.182. The molecule has 0 radical (unpaired) electrons. The number of aryl methyl sites for hydroxylation is 1. The van der Waals surface area contributed by atoms with Crippen LogP contribution in [0.4, 0.5) is 4.39 Å². The molecule has 0 saturated carbocycles. The molecule has 3 rings (SSSR count). The molecule has 3 aromatic rings. The number of halogens is 1. The zero-order chi connectivity index (χ0) is 16.2. The van der Waals surface area contributed by atoms with Crippen LogP contribution in [0, 0.1) is 12.7 Å². The number of nitrogens with zero attached hydrogens (tertiary/aromatic N) is 2. The fourth-order valence-corrected chi connectivity index (χ4v) is 2.91. The second-order valence-corrected chi connectivity index (χ2v) is 5.88. The normalized spacial score (nSPS) is 10.7. The van der Waals surface area contributed by atoms with Gasteiger partial charge in [0.25, 0.3) is 11.1 Å². The molecule has 2 aromatic carbocycles. The van der Waals surface area contributed by atoms with Crippen LogP contribution in [0.25, 0.3) is 11.5 Å². The van der Waals surface area contributed by atoms with Crippen molar-refractivity contribution < 1.29 is 13.5 Å². The summed E-state index contributed by atoms with van der Waals surface area (Å²) in [7, 11) is 1.64. The summed E-state index contributed by atoms with van der Waals surface area (Å²) in [5, 5.41) is 8.27. The van der Waals surface area contributed by atoms with Crippen LogP contribution in [0.15, 0.2) is 52.1 Å². The van der Waals surface area contributed by atoms with Crippen LogP contribution in [0.1, 0.15) is 11.1 Å². The Morgan fingerprint density at radius 2 is 2.00 bits per heavy atom. The Labute approximate surface area is 137 Å². The van der Waals surface area contributed by atoms with Crippen molar-refractivity contribution in [3.63, 3.8) is 0 Å². The number of rotatable bonds is 5. The Kier molecular flexibility index (Phi) is 4.62. The van der Waals surface area contributed by atoms with Crippen molar-refractivity contribution in [3.8, 4) is 17.2 Å². The SMILES string of the molecule is COc1ccc(C)cc1CSc1nnc(-c2ccccc2F)o1. The van der Waals surface area contributed by atoms with E-state index in [1.165, 1.54) is 17.8 Å². The Morgan fingerprint density at radius 1 is 1.17 bits per heavy atom. The molecule has 0 amide bonds. The Bertz CT molecular complexity index is 820. The van der Waals surface area contributed by atoms with E-state index in [1.807, 2.05) is 19.1 Å². The standard InChI is InChI=1S/C17H15FN2O2S/c1-11-7-8-15(21-2)12(9-11)10-23-17-20-19-16(22-17)13-5-3-4-6-14(13)18/h3-9H,10H2,1-2H3. The lowest BCUT2D eigenvalue weighted by Crippen LogP contribution is -1.91. The molecule has 0 bridgehead atoms. The molecule has 0 aliphatic rings. The average Bonchev–Trinajstić information content (AvgIpc) is 3.02. The summed E-state index contributed by atoms with van der Waals surface area (Å²) in [4.78, 5) is 0. The minimum Gasteiger partial charge on any atom is -0.496 e. The fraction of sp³-hybridized carbons (Fsp3) is 0.176. The summed E-state index contributed by atoms with van der Waals surface area (Å²) in [6.45, 7) is 2.02. The maximum absolute atomic E-state index is 13.7. The van der Waals surface area contributed by atoms with Crippen molar-refractivity contribution in [1.82, 2.24) is 10.2 Å². The second kappa shape index (κ2) is 6.83. The molecule has 1 aromatic heterocycles. The summed E-state index contributed by atoms with van der Waals surface area (Å²) in [6.07, 6.45) is 0. The third kappa shape index (κ3) is 3.53. The van der Waals surface area contributed by atoms with Gasteiger partial charge in [0.1, 0.15) is 11.6 Å². The molecule has 0 aliphatic heterocycles. The highest BCUT2D eigenvalue weighted by Crippen LogP contribution is 2.30. The summed E-state index contributed by atoms with van der Waals surface area (Å²) >= 11 is 1.39. The number of hydrogen-bond donors (Lipinski definition) is 0. The number of thioether (sulfide) groups is 1. The molecule has 0 fully saturated rings. The molecule has 4 nitrogen and oxygen atoms in total. The van der Waals surface area contributed by atoms with Crippen LogP contribution in [0.5, 0.6) is 5.75 Å². The van der Waals surface area contributed by atoms with E-state index in [0.717, 1.165) is 16.9 Å². The van der Waals surface area contributed by atoms with E-state index in [0.29, 0.717) is 16.5 Å².